The summed E-state index contributed by atoms with van der Waals surface area (Å²) in [4.78, 5) is 34.5. The number of likely N-dealkylation sites (tertiary alicyclic amines) is 1. The molecule has 8 heteroatoms. The number of carbonyl (C=O) groups excluding carboxylic acids is 1. The Morgan fingerprint density at radius 2 is 1.77 bits per heavy atom. The predicted molar refractivity (Wildman–Crippen MR) is 163 cm³/mol. The van der Waals surface area contributed by atoms with Gasteiger partial charge in [-0.25, -0.2) is 9.18 Å². The molecular weight excluding hydrogens is 545 g/mol. The lowest BCUT2D eigenvalue weighted by atomic mass is 9.92. The van der Waals surface area contributed by atoms with Crippen LogP contribution in [-0.4, -0.2) is 64.0 Å². The molecule has 0 atom stereocenters. The van der Waals surface area contributed by atoms with Crippen molar-refractivity contribution in [2.45, 2.75) is 77.3 Å². The first-order chi connectivity index (χ1) is 20.7. The molecule has 1 saturated carbocycles. The molecule has 0 radical (unpaired) electrons. The van der Waals surface area contributed by atoms with Crippen LogP contribution in [0, 0.1) is 5.82 Å². The minimum atomic E-state index is -1.04. The largest absolute Gasteiger partial charge is 0.494 e. The van der Waals surface area contributed by atoms with Crippen LogP contribution in [0.3, 0.4) is 0 Å². The third-order valence-corrected chi connectivity index (χ3v) is 9.09. The first kappa shape index (κ1) is 29.3. The lowest BCUT2D eigenvalue weighted by Crippen LogP contribution is -2.50. The van der Waals surface area contributed by atoms with Crippen molar-refractivity contribution in [3.8, 4) is 16.9 Å². The van der Waals surface area contributed by atoms with Gasteiger partial charge in [0.25, 0.3) is 5.91 Å². The number of hydrogen-bond donors (Lipinski definition) is 1. The molecule has 1 aliphatic carbocycles. The number of pyridine rings is 1. The van der Waals surface area contributed by atoms with E-state index in [1.807, 2.05) is 37.8 Å². The van der Waals surface area contributed by atoms with Crippen molar-refractivity contribution >= 4 is 11.9 Å². The first-order valence-electron chi connectivity index (χ1n) is 15.6. The molecule has 0 bridgehead atoms. The second-order valence-electron chi connectivity index (χ2n) is 12.4. The summed E-state index contributed by atoms with van der Waals surface area (Å²) in [6, 6.07) is 12.8. The molecule has 3 heterocycles. The number of carboxylic acid groups (broad SMARTS) is 1. The number of benzene rings is 2. The molecule has 1 amide bonds. The molecule has 2 fully saturated rings. The van der Waals surface area contributed by atoms with E-state index in [4.69, 9.17) is 4.74 Å². The summed E-state index contributed by atoms with van der Waals surface area (Å²) in [7, 11) is 0. The van der Waals surface area contributed by atoms with Crippen LogP contribution in [0.5, 0.6) is 5.75 Å². The number of nitrogens with zero attached hydrogens (tertiary/aromatic N) is 3. The van der Waals surface area contributed by atoms with Gasteiger partial charge >= 0.3 is 5.97 Å². The summed E-state index contributed by atoms with van der Waals surface area (Å²) in [6.45, 7) is 9.51. The monoisotopic (exact) mass is 585 g/mol. The molecule has 226 valence electrons. The second-order valence-corrected chi connectivity index (χ2v) is 12.4. The molecule has 6 rings (SSSR count). The SMILES string of the molecule is CCOc1cc(-c2ccc(F)cc2)c(C2CC2)cc1CN1CCC(N2CCc3nc(C(C)C)c(C(=O)O)cc3C2=O)CC1. The van der Waals surface area contributed by atoms with E-state index in [-0.39, 0.29) is 29.2 Å². The second kappa shape index (κ2) is 12.1. The van der Waals surface area contributed by atoms with Gasteiger partial charge in [0.1, 0.15) is 11.6 Å². The van der Waals surface area contributed by atoms with Gasteiger partial charge in [0.05, 0.1) is 29.1 Å². The van der Waals surface area contributed by atoms with E-state index in [1.165, 1.54) is 36.1 Å². The van der Waals surface area contributed by atoms with Gasteiger partial charge in [-0.15, -0.1) is 0 Å². The highest BCUT2D eigenvalue weighted by atomic mass is 19.1. The van der Waals surface area contributed by atoms with Crippen LogP contribution in [0.15, 0.2) is 42.5 Å². The molecule has 1 N–H and O–H groups in total. The highest BCUT2D eigenvalue weighted by molar-refractivity contribution is 5.99. The van der Waals surface area contributed by atoms with Crippen molar-refractivity contribution in [2.24, 2.45) is 0 Å². The van der Waals surface area contributed by atoms with Gasteiger partial charge in [-0.3, -0.25) is 14.7 Å². The quantitative estimate of drug-likeness (QED) is 0.303. The average molecular weight is 586 g/mol. The molecule has 1 saturated heterocycles. The van der Waals surface area contributed by atoms with Crippen molar-refractivity contribution in [1.82, 2.24) is 14.8 Å². The first-order valence-corrected chi connectivity index (χ1v) is 15.6. The summed E-state index contributed by atoms with van der Waals surface area (Å²) in [5.74, 6) is -0.0105. The number of carboxylic acids is 1. The zero-order chi connectivity index (χ0) is 30.2. The normalized spacial score (nSPS) is 17.8. The Hall–Kier alpha value is -3.78. The molecule has 2 aromatic carbocycles. The summed E-state index contributed by atoms with van der Waals surface area (Å²) < 4.78 is 19.8. The number of aromatic carboxylic acids is 1. The fraction of sp³-hybridized carbons (Fsp3) is 0.457. The van der Waals surface area contributed by atoms with E-state index in [0.717, 1.165) is 49.4 Å². The third-order valence-electron chi connectivity index (χ3n) is 9.09. The van der Waals surface area contributed by atoms with E-state index in [9.17, 15) is 19.1 Å². The van der Waals surface area contributed by atoms with Crippen molar-refractivity contribution in [2.75, 3.05) is 26.2 Å². The maximum absolute atomic E-state index is 13.6. The van der Waals surface area contributed by atoms with Crippen molar-refractivity contribution in [3.05, 3.63) is 81.9 Å². The van der Waals surface area contributed by atoms with Crippen LogP contribution < -0.4 is 4.74 Å². The molecule has 0 unspecified atom stereocenters. The van der Waals surface area contributed by atoms with Gasteiger partial charge in [-0.05, 0) is 91.5 Å². The topological polar surface area (TPSA) is 83.0 Å². The molecule has 43 heavy (non-hydrogen) atoms. The lowest BCUT2D eigenvalue weighted by molar-refractivity contribution is 0.0543. The van der Waals surface area contributed by atoms with E-state index >= 15 is 0 Å². The van der Waals surface area contributed by atoms with E-state index in [1.54, 1.807) is 6.07 Å². The van der Waals surface area contributed by atoms with Gasteiger partial charge in [0, 0.05) is 44.2 Å². The number of amides is 1. The Bertz CT molecular complexity index is 1530. The van der Waals surface area contributed by atoms with Crippen LogP contribution in [0.1, 0.15) is 102 Å². The number of hydrogen-bond acceptors (Lipinski definition) is 5. The minimum Gasteiger partial charge on any atom is -0.494 e. The Balaban J connectivity index is 1.17. The summed E-state index contributed by atoms with van der Waals surface area (Å²) in [5, 5.41) is 9.76. The molecule has 0 spiro atoms. The number of piperidine rings is 1. The maximum Gasteiger partial charge on any atom is 0.337 e. The molecule has 1 aromatic heterocycles. The molecular formula is C35H40FN3O4. The molecule has 3 aliphatic rings. The Labute approximate surface area is 252 Å². The fourth-order valence-corrected chi connectivity index (χ4v) is 6.68. The highest BCUT2D eigenvalue weighted by Crippen LogP contribution is 2.46. The molecule has 2 aliphatic heterocycles. The number of ether oxygens (including phenoxy) is 1. The van der Waals surface area contributed by atoms with E-state index < -0.39 is 5.97 Å². The lowest BCUT2D eigenvalue weighted by Gasteiger charge is -2.40. The van der Waals surface area contributed by atoms with Gasteiger partial charge < -0.3 is 14.7 Å². The number of carbonyl (C=O) groups is 2. The number of fused-ring (bicyclic) bond motifs is 1. The summed E-state index contributed by atoms with van der Waals surface area (Å²) in [6.07, 6.45) is 4.70. The third kappa shape index (κ3) is 6.03. The van der Waals surface area contributed by atoms with E-state index in [0.29, 0.717) is 42.4 Å². The van der Waals surface area contributed by atoms with Gasteiger partial charge in [-0.1, -0.05) is 26.0 Å². The Morgan fingerprint density at radius 3 is 2.40 bits per heavy atom. The maximum atomic E-state index is 13.6. The molecule has 3 aromatic rings. The van der Waals surface area contributed by atoms with Crippen molar-refractivity contribution < 1.29 is 23.8 Å². The average Bonchev–Trinajstić information content (AvgIpc) is 3.84. The summed E-state index contributed by atoms with van der Waals surface area (Å²) in [5.41, 5.74) is 6.44. The van der Waals surface area contributed by atoms with Crippen molar-refractivity contribution in [1.29, 1.82) is 0 Å². The zero-order valence-corrected chi connectivity index (χ0v) is 25.2. The van der Waals surface area contributed by atoms with Crippen LogP contribution in [0.4, 0.5) is 4.39 Å². The highest BCUT2D eigenvalue weighted by Gasteiger charge is 2.35. The summed E-state index contributed by atoms with van der Waals surface area (Å²) >= 11 is 0. The zero-order valence-electron chi connectivity index (χ0n) is 25.2. The molecule has 7 nitrogen and oxygen atoms in total. The smallest absolute Gasteiger partial charge is 0.337 e. The minimum absolute atomic E-state index is 0.0310. The van der Waals surface area contributed by atoms with Crippen LogP contribution in [-0.2, 0) is 13.0 Å². The van der Waals surface area contributed by atoms with Gasteiger partial charge in [0.15, 0.2) is 0 Å². The van der Waals surface area contributed by atoms with E-state index in [2.05, 4.69) is 22.0 Å². The Morgan fingerprint density at radius 1 is 1.05 bits per heavy atom. The number of halogens is 1. The predicted octanol–water partition coefficient (Wildman–Crippen LogP) is 6.65. The van der Waals surface area contributed by atoms with Crippen molar-refractivity contribution in [3.63, 3.8) is 0 Å². The standard InChI is InChI=1S/C35H40FN3O4/c1-4-43-32-19-28(23-7-9-25(36)10-8-23)27(22-5-6-22)17-24(32)20-38-14-11-26(12-15-38)39-16-13-31-29(34(39)40)18-30(35(41)42)33(37-31)21(2)3/h7-10,17-19,21-22,26H,4-6,11-16,20H2,1-3H3,(H,41,42). The van der Waals surface area contributed by atoms with Crippen LogP contribution >= 0.6 is 0 Å². The van der Waals surface area contributed by atoms with Crippen LogP contribution in [0.2, 0.25) is 0 Å². The van der Waals surface area contributed by atoms with Gasteiger partial charge in [0.2, 0.25) is 0 Å². The van der Waals surface area contributed by atoms with Crippen LogP contribution in [0.25, 0.3) is 11.1 Å². The fourth-order valence-electron chi connectivity index (χ4n) is 6.68. The van der Waals surface area contributed by atoms with Gasteiger partial charge in [-0.2, -0.15) is 0 Å². The number of rotatable bonds is 9. The number of aromatic nitrogens is 1. The Kier molecular flexibility index (Phi) is 8.23.